The molecule has 0 aliphatic rings. The molecule has 0 atom stereocenters. The van der Waals surface area contributed by atoms with Gasteiger partial charge in [0.15, 0.2) is 0 Å². The van der Waals surface area contributed by atoms with Crippen molar-refractivity contribution in [3.8, 4) is 0 Å². The molecule has 1 aromatic heterocycles. The molecule has 2 nitrogen and oxygen atoms in total. The van der Waals surface area contributed by atoms with Crippen LogP contribution in [0.3, 0.4) is 0 Å². The number of nitrogens with zero attached hydrogens (tertiary/aromatic N) is 1. The molecule has 0 radical (unpaired) electrons. The zero-order chi connectivity index (χ0) is 5.98. The minimum Gasteiger partial charge on any atom is -0.383 e. The van der Waals surface area contributed by atoms with Gasteiger partial charge in [-0.1, -0.05) is 0 Å². The summed E-state index contributed by atoms with van der Waals surface area (Å²) in [5.41, 5.74) is 5.19. The molecule has 0 aromatic carbocycles. The molecule has 0 unspecified atom stereocenters. The highest BCUT2D eigenvalue weighted by atomic mass is 32.1. The maximum Gasteiger partial charge on any atom is 0.141 e. The Labute approximate surface area is 50.2 Å². The van der Waals surface area contributed by atoms with Crippen LogP contribution < -0.4 is 5.73 Å². The van der Waals surface area contributed by atoms with Gasteiger partial charge in [0.1, 0.15) is 17.5 Å². The summed E-state index contributed by atoms with van der Waals surface area (Å²) in [6.07, 6.45) is 0. The van der Waals surface area contributed by atoms with Gasteiger partial charge in [-0.3, -0.25) is 0 Å². The maximum absolute atomic E-state index is 11.6. The van der Waals surface area contributed by atoms with Gasteiger partial charge in [-0.15, -0.1) is 11.3 Å². The van der Waals surface area contributed by atoms with Crippen LogP contribution in [0.15, 0.2) is 5.38 Å². The fourth-order valence-electron chi connectivity index (χ4n) is 0.386. The zero-order valence-electron chi connectivity index (χ0n) is 4.10. The number of nitrogens with two attached hydrogens (primary N) is 1. The largest absolute Gasteiger partial charge is 0.383 e. The molecule has 1 rings (SSSR count). The highest BCUT2D eigenvalue weighted by Gasteiger charge is 1.94. The quantitative estimate of drug-likeness (QED) is 0.623. The Balaban J connectivity index is 2.84. The number of rotatable bonds is 1. The molecule has 2 N–H and O–H groups in total. The van der Waals surface area contributed by atoms with Gasteiger partial charge in [-0.2, -0.15) is 0 Å². The van der Waals surface area contributed by atoms with Gasteiger partial charge in [0.05, 0.1) is 0 Å². The number of halogens is 1. The minimum absolute atomic E-state index is 0.405. The molecule has 0 aliphatic heterocycles. The Morgan fingerprint density at radius 2 is 2.62 bits per heavy atom. The van der Waals surface area contributed by atoms with Crippen LogP contribution in [0, 0.1) is 0 Å². The van der Waals surface area contributed by atoms with Crippen molar-refractivity contribution >= 4 is 17.2 Å². The summed E-state index contributed by atoms with van der Waals surface area (Å²) in [5, 5.41) is 2.07. The van der Waals surface area contributed by atoms with Crippen LogP contribution in [0.1, 0.15) is 5.01 Å². The van der Waals surface area contributed by atoms with Crippen LogP contribution in [0.4, 0.5) is 10.2 Å². The number of hydrogen-bond acceptors (Lipinski definition) is 3. The Hall–Kier alpha value is -0.640. The fraction of sp³-hybridized carbons (Fsp3) is 0.250. The normalized spacial score (nSPS) is 9.62. The standard InChI is InChI=1S/C4H5FN2S/c5-1-4-7-3(6)2-8-4/h2H,1,6H2. The first-order valence-corrected chi connectivity index (χ1v) is 2.96. The van der Waals surface area contributed by atoms with E-state index in [1.165, 1.54) is 11.3 Å². The van der Waals surface area contributed by atoms with Crippen LogP contribution >= 0.6 is 11.3 Å². The molecule has 1 heterocycles. The maximum atomic E-state index is 11.6. The van der Waals surface area contributed by atoms with Gasteiger partial charge in [0.2, 0.25) is 0 Å². The lowest BCUT2D eigenvalue weighted by atomic mass is 10.7. The molecular formula is C4H5FN2S. The van der Waals surface area contributed by atoms with E-state index in [1.807, 2.05) is 0 Å². The second-order valence-corrected chi connectivity index (χ2v) is 2.24. The predicted octanol–water partition coefficient (Wildman–Crippen LogP) is 1.19. The van der Waals surface area contributed by atoms with Crippen LogP contribution in [0.2, 0.25) is 0 Å². The van der Waals surface area contributed by atoms with Crippen molar-refractivity contribution in [2.45, 2.75) is 6.67 Å². The highest BCUT2D eigenvalue weighted by Crippen LogP contribution is 2.10. The van der Waals surface area contributed by atoms with E-state index in [0.29, 0.717) is 10.8 Å². The molecule has 8 heavy (non-hydrogen) atoms. The van der Waals surface area contributed by atoms with Crippen molar-refractivity contribution in [1.82, 2.24) is 4.98 Å². The third-order valence-electron chi connectivity index (χ3n) is 0.684. The lowest BCUT2D eigenvalue weighted by Gasteiger charge is -1.77. The zero-order valence-corrected chi connectivity index (χ0v) is 4.91. The summed E-state index contributed by atoms with van der Waals surface area (Å²) in [4.78, 5) is 3.65. The lowest BCUT2D eigenvalue weighted by Crippen LogP contribution is -1.83. The first kappa shape index (κ1) is 5.50. The molecule has 1 aromatic rings. The smallest absolute Gasteiger partial charge is 0.141 e. The molecule has 0 spiro atoms. The average Bonchev–Trinajstić information content (AvgIpc) is 2.14. The molecule has 0 amide bonds. The van der Waals surface area contributed by atoms with Crippen LogP contribution in [-0.4, -0.2) is 4.98 Å². The Bertz CT molecular complexity index is 174. The van der Waals surface area contributed by atoms with Crippen molar-refractivity contribution in [2.75, 3.05) is 5.73 Å². The van der Waals surface area contributed by atoms with Gasteiger partial charge in [0.25, 0.3) is 0 Å². The molecule has 0 fully saturated rings. The van der Waals surface area contributed by atoms with Gasteiger partial charge < -0.3 is 5.73 Å². The van der Waals surface area contributed by atoms with Crippen LogP contribution in [0.5, 0.6) is 0 Å². The van der Waals surface area contributed by atoms with Gasteiger partial charge in [-0.25, -0.2) is 9.37 Å². The summed E-state index contributed by atoms with van der Waals surface area (Å²) in [6.45, 7) is -0.512. The average molecular weight is 132 g/mol. The molecular weight excluding hydrogens is 127 g/mol. The van der Waals surface area contributed by atoms with Gasteiger partial charge in [-0.05, 0) is 0 Å². The molecule has 0 aliphatic carbocycles. The number of anilines is 1. The van der Waals surface area contributed by atoms with E-state index in [9.17, 15) is 4.39 Å². The topological polar surface area (TPSA) is 38.9 Å². The van der Waals surface area contributed by atoms with E-state index in [0.717, 1.165) is 0 Å². The van der Waals surface area contributed by atoms with Crippen molar-refractivity contribution in [2.24, 2.45) is 0 Å². The van der Waals surface area contributed by atoms with Crippen LogP contribution in [-0.2, 0) is 6.67 Å². The van der Waals surface area contributed by atoms with Crippen molar-refractivity contribution in [1.29, 1.82) is 0 Å². The summed E-state index contributed by atoms with van der Waals surface area (Å²) in [7, 11) is 0. The number of alkyl halides is 1. The second kappa shape index (κ2) is 2.09. The second-order valence-electron chi connectivity index (χ2n) is 1.30. The van der Waals surface area contributed by atoms with E-state index in [1.54, 1.807) is 5.38 Å². The van der Waals surface area contributed by atoms with E-state index < -0.39 is 6.67 Å². The molecule has 0 saturated carbocycles. The SMILES string of the molecule is Nc1csc(CF)n1. The Morgan fingerprint density at radius 1 is 1.88 bits per heavy atom. The van der Waals surface area contributed by atoms with Crippen molar-refractivity contribution in [3.05, 3.63) is 10.4 Å². The predicted molar refractivity (Wildman–Crippen MR) is 31.3 cm³/mol. The van der Waals surface area contributed by atoms with Gasteiger partial charge in [0, 0.05) is 5.38 Å². The highest BCUT2D eigenvalue weighted by molar-refractivity contribution is 7.09. The Kier molecular flexibility index (Phi) is 1.43. The molecule has 0 saturated heterocycles. The number of aromatic nitrogens is 1. The van der Waals surface area contributed by atoms with E-state index in [2.05, 4.69) is 4.98 Å². The molecule has 44 valence electrons. The van der Waals surface area contributed by atoms with Crippen LogP contribution in [0.25, 0.3) is 0 Å². The first-order valence-electron chi connectivity index (χ1n) is 2.09. The lowest BCUT2D eigenvalue weighted by molar-refractivity contribution is 0.484. The van der Waals surface area contributed by atoms with Gasteiger partial charge >= 0.3 is 0 Å². The van der Waals surface area contributed by atoms with Crippen molar-refractivity contribution < 1.29 is 4.39 Å². The number of thiazole rings is 1. The fourth-order valence-corrected chi connectivity index (χ4v) is 0.917. The number of nitrogen functional groups attached to an aromatic ring is 1. The Morgan fingerprint density at radius 3 is 2.88 bits per heavy atom. The molecule has 4 heteroatoms. The molecule has 0 bridgehead atoms. The van der Waals surface area contributed by atoms with E-state index in [4.69, 9.17) is 5.73 Å². The summed E-state index contributed by atoms with van der Waals surface area (Å²) >= 11 is 1.24. The summed E-state index contributed by atoms with van der Waals surface area (Å²) < 4.78 is 11.6. The number of hydrogen-bond donors (Lipinski definition) is 1. The monoisotopic (exact) mass is 132 g/mol. The minimum atomic E-state index is -0.512. The van der Waals surface area contributed by atoms with E-state index in [-0.39, 0.29) is 0 Å². The third kappa shape index (κ3) is 0.949. The third-order valence-corrected chi connectivity index (χ3v) is 1.52. The summed E-state index contributed by atoms with van der Waals surface area (Å²) in [6, 6.07) is 0. The van der Waals surface area contributed by atoms with E-state index >= 15 is 0 Å². The first-order chi connectivity index (χ1) is 3.83. The summed E-state index contributed by atoms with van der Waals surface area (Å²) in [5.74, 6) is 0.405. The van der Waals surface area contributed by atoms with Crippen molar-refractivity contribution in [3.63, 3.8) is 0 Å².